The number of hydrogen-bond donors (Lipinski definition) is 2. The van der Waals surface area contributed by atoms with E-state index in [1.165, 1.54) is 18.4 Å². The van der Waals surface area contributed by atoms with Crippen LogP contribution in [0.2, 0.25) is 0 Å². The number of rotatable bonds is 8. The molecule has 0 amide bonds. The highest BCUT2D eigenvalue weighted by Gasteiger charge is 2.18. The van der Waals surface area contributed by atoms with Crippen LogP contribution in [0.4, 0.5) is 0 Å². The average molecular weight is 333 g/mol. The zero-order valence-electron chi connectivity index (χ0n) is 15.2. The van der Waals surface area contributed by atoms with Gasteiger partial charge in [-0.3, -0.25) is 0 Å². The van der Waals surface area contributed by atoms with Gasteiger partial charge in [-0.25, -0.2) is 4.99 Å². The SMILES string of the molecule is CCNC(=NCc1ccc(C)cc1OC1CCCC1)NCCOC. The molecule has 5 nitrogen and oxygen atoms in total. The summed E-state index contributed by atoms with van der Waals surface area (Å²) >= 11 is 0. The van der Waals surface area contributed by atoms with Crippen molar-refractivity contribution in [2.75, 3.05) is 26.8 Å². The van der Waals surface area contributed by atoms with Crippen LogP contribution in [0.15, 0.2) is 23.2 Å². The standard InChI is InChI=1S/C19H31N3O2/c1-4-20-19(21-11-12-23-3)22-14-16-10-9-15(2)13-18(16)24-17-7-5-6-8-17/h9-10,13,17H,4-8,11-12,14H2,1-3H3,(H2,20,21,22). The van der Waals surface area contributed by atoms with Crippen LogP contribution in [-0.2, 0) is 11.3 Å². The number of hydrogen-bond acceptors (Lipinski definition) is 3. The van der Waals surface area contributed by atoms with Gasteiger partial charge in [0.1, 0.15) is 5.75 Å². The Morgan fingerprint density at radius 1 is 1.25 bits per heavy atom. The molecule has 1 aliphatic carbocycles. The van der Waals surface area contributed by atoms with Gasteiger partial charge in [-0.2, -0.15) is 0 Å². The molecule has 134 valence electrons. The molecule has 1 aliphatic rings. The van der Waals surface area contributed by atoms with Gasteiger partial charge < -0.3 is 20.1 Å². The molecule has 0 saturated heterocycles. The Bertz CT molecular complexity index is 525. The summed E-state index contributed by atoms with van der Waals surface area (Å²) in [6.45, 7) is 6.99. The molecule has 0 heterocycles. The summed E-state index contributed by atoms with van der Waals surface area (Å²) in [6, 6.07) is 6.38. The third kappa shape index (κ3) is 6.04. The Kier molecular flexibility index (Phi) is 7.89. The quantitative estimate of drug-likeness (QED) is 0.436. The lowest BCUT2D eigenvalue weighted by molar-refractivity contribution is 0.203. The first-order valence-corrected chi connectivity index (χ1v) is 9.00. The number of aliphatic imine (C=N–C) groups is 1. The molecule has 0 atom stereocenters. The largest absolute Gasteiger partial charge is 0.490 e. The second-order valence-electron chi connectivity index (χ2n) is 6.25. The van der Waals surface area contributed by atoms with Gasteiger partial charge in [-0.1, -0.05) is 12.1 Å². The third-order valence-electron chi connectivity index (χ3n) is 4.17. The zero-order valence-corrected chi connectivity index (χ0v) is 15.2. The minimum Gasteiger partial charge on any atom is -0.490 e. The predicted molar refractivity (Wildman–Crippen MR) is 98.8 cm³/mol. The van der Waals surface area contributed by atoms with Crippen LogP contribution in [-0.4, -0.2) is 38.9 Å². The van der Waals surface area contributed by atoms with Crippen LogP contribution in [0.1, 0.15) is 43.7 Å². The Hall–Kier alpha value is -1.75. The van der Waals surface area contributed by atoms with Crippen LogP contribution in [0.5, 0.6) is 5.75 Å². The third-order valence-corrected chi connectivity index (χ3v) is 4.17. The molecule has 0 aromatic heterocycles. The van der Waals surface area contributed by atoms with E-state index in [4.69, 9.17) is 9.47 Å². The van der Waals surface area contributed by atoms with Gasteiger partial charge in [-0.15, -0.1) is 0 Å². The highest BCUT2D eigenvalue weighted by Crippen LogP contribution is 2.28. The van der Waals surface area contributed by atoms with E-state index >= 15 is 0 Å². The van der Waals surface area contributed by atoms with Crippen LogP contribution in [0.3, 0.4) is 0 Å². The summed E-state index contributed by atoms with van der Waals surface area (Å²) in [6.07, 6.45) is 5.24. The number of nitrogens with zero attached hydrogens (tertiary/aromatic N) is 1. The normalized spacial score (nSPS) is 15.5. The van der Waals surface area contributed by atoms with E-state index in [-0.39, 0.29) is 0 Å². The summed E-state index contributed by atoms with van der Waals surface area (Å²) in [5.41, 5.74) is 2.36. The predicted octanol–water partition coefficient (Wildman–Crippen LogP) is 3.02. The maximum absolute atomic E-state index is 6.25. The molecule has 1 fully saturated rings. The molecule has 1 aromatic rings. The Morgan fingerprint density at radius 3 is 2.75 bits per heavy atom. The summed E-state index contributed by atoms with van der Waals surface area (Å²) in [5, 5.41) is 6.53. The van der Waals surface area contributed by atoms with E-state index < -0.39 is 0 Å². The average Bonchev–Trinajstić information content (AvgIpc) is 3.07. The molecule has 1 aromatic carbocycles. The molecular formula is C19H31N3O2. The van der Waals surface area contributed by atoms with E-state index in [2.05, 4.69) is 47.7 Å². The van der Waals surface area contributed by atoms with E-state index in [1.54, 1.807) is 7.11 Å². The highest BCUT2D eigenvalue weighted by molar-refractivity contribution is 5.79. The van der Waals surface area contributed by atoms with Crippen molar-refractivity contribution in [3.05, 3.63) is 29.3 Å². The topological polar surface area (TPSA) is 54.9 Å². The van der Waals surface area contributed by atoms with Crippen molar-refractivity contribution in [2.45, 2.75) is 52.2 Å². The van der Waals surface area contributed by atoms with Crippen molar-refractivity contribution in [3.63, 3.8) is 0 Å². The van der Waals surface area contributed by atoms with Crippen molar-refractivity contribution in [2.24, 2.45) is 4.99 Å². The van der Waals surface area contributed by atoms with E-state index in [9.17, 15) is 0 Å². The number of nitrogens with one attached hydrogen (secondary N) is 2. The number of methoxy groups -OCH3 is 1. The van der Waals surface area contributed by atoms with Crippen LogP contribution in [0, 0.1) is 6.92 Å². The smallest absolute Gasteiger partial charge is 0.191 e. The van der Waals surface area contributed by atoms with Gasteiger partial charge in [0, 0.05) is 25.8 Å². The van der Waals surface area contributed by atoms with Crippen LogP contribution < -0.4 is 15.4 Å². The van der Waals surface area contributed by atoms with Crippen molar-refractivity contribution in [1.82, 2.24) is 10.6 Å². The molecule has 24 heavy (non-hydrogen) atoms. The lowest BCUT2D eigenvalue weighted by Crippen LogP contribution is -2.38. The summed E-state index contributed by atoms with van der Waals surface area (Å²) in [7, 11) is 1.70. The molecule has 0 unspecified atom stereocenters. The number of guanidine groups is 1. The maximum Gasteiger partial charge on any atom is 0.191 e. The fraction of sp³-hybridized carbons (Fsp3) is 0.632. The van der Waals surface area contributed by atoms with Gasteiger partial charge >= 0.3 is 0 Å². The molecule has 0 radical (unpaired) electrons. The lowest BCUT2D eigenvalue weighted by atomic mass is 10.1. The van der Waals surface area contributed by atoms with Crippen molar-refractivity contribution in [3.8, 4) is 5.75 Å². The minimum atomic E-state index is 0.364. The zero-order chi connectivity index (χ0) is 17.2. The first-order chi connectivity index (χ1) is 11.7. The molecule has 0 aliphatic heterocycles. The Balaban J connectivity index is 2.04. The van der Waals surface area contributed by atoms with Gasteiger partial charge in [0.15, 0.2) is 5.96 Å². The molecule has 1 saturated carbocycles. The van der Waals surface area contributed by atoms with E-state index in [0.717, 1.165) is 43.2 Å². The van der Waals surface area contributed by atoms with Gasteiger partial charge in [0.05, 0.1) is 19.3 Å². The molecule has 0 spiro atoms. The number of ether oxygens (including phenoxy) is 2. The van der Waals surface area contributed by atoms with Crippen molar-refractivity contribution >= 4 is 5.96 Å². The molecule has 2 rings (SSSR count). The maximum atomic E-state index is 6.25. The lowest BCUT2D eigenvalue weighted by Gasteiger charge is -2.17. The molecule has 5 heteroatoms. The second-order valence-corrected chi connectivity index (χ2v) is 6.25. The molecule has 2 N–H and O–H groups in total. The molecule has 0 bridgehead atoms. The Labute approximate surface area is 145 Å². The highest BCUT2D eigenvalue weighted by atomic mass is 16.5. The van der Waals surface area contributed by atoms with Crippen LogP contribution in [0.25, 0.3) is 0 Å². The first-order valence-electron chi connectivity index (χ1n) is 9.00. The van der Waals surface area contributed by atoms with Gasteiger partial charge in [-0.05, 0) is 51.2 Å². The van der Waals surface area contributed by atoms with E-state index in [1.807, 2.05) is 0 Å². The second kappa shape index (κ2) is 10.2. The van der Waals surface area contributed by atoms with Crippen molar-refractivity contribution in [1.29, 1.82) is 0 Å². The summed E-state index contributed by atoms with van der Waals surface area (Å²) < 4.78 is 11.3. The van der Waals surface area contributed by atoms with Crippen molar-refractivity contribution < 1.29 is 9.47 Å². The fourth-order valence-corrected chi connectivity index (χ4v) is 2.87. The summed E-state index contributed by atoms with van der Waals surface area (Å²) in [4.78, 5) is 4.68. The minimum absolute atomic E-state index is 0.364. The number of benzene rings is 1. The van der Waals surface area contributed by atoms with Gasteiger partial charge in [0.25, 0.3) is 0 Å². The van der Waals surface area contributed by atoms with Gasteiger partial charge in [0.2, 0.25) is 0 Å². The first kappa shape index (κ1) is 18.6. The number of aryl methyl sites for hydroxylation is 1. The monoisotopic (exact) mass is 333 g/mol. The van der Waals surface area contributed by atoms with E-state index in [0.29, 0.717) is 19.3 Å². The molecular weight excluding hydrogens is 302 g/mol. The Morgan fingerprint density at radius 2 is 2.04 bits per heavy atom. The van der Waals surface area contributed by atoms with Crippen LogP contribution >= 0.6 is 0 Å². The fourth-order valence-electron chi connectivity index (χ4n) is 2.87. The summed E-state index contributed by atoms with van der Waals surface area (Å²) in [5.74, 6) is 1.79.